The Balaban J connectivity index is 3.03. The molecule has 0 saturated carbocycles. The van der Waals surface area contributed by atoms with Gasteiger partial charge in [-0.3, -0.25) is 4.79 Å². The SMILES string of the molecule is COc1ccc(Br)c(C(=O)C(C)CC#N)c1. The van der Waals surface area contributed by atoms with Gasteiger partial charge in [-0.25, -0.2) is 0 Å². The number of methoxy groups -OCH3 is 1. The number of ether oxygens (including phenoxy) is 1. The van der Waals surface area contributed by atoms with Crippen molar-refractivity contribution in [3.63, 3.8) is 0 Å². The maximum Gasteiger partial charge on any atom is 0.167 e. The monoisotopic (exact) mass is 281 g/mol. The van der Waals surface area contributed by atoms with E-state index in [2.05, 4.69) is 15.9 Å². The number of hydrogen-bond acceptors (Lipinski definition) is 3. The van der Waals surface area contributed by atoms with Crippen molar-refractivity contribution in [3.8, 4) is 11.8 Å². The number of Topliss-reactive ketones (excluding diaryl/α,β-unsaturated/α-hetero) is 1. The highest BCUT2D eigenvalue weighted by Gasteiger charge is 2.18. The Hall–Kier alpha value is -1.34. The van der Waals surface area contributed by atoms with Gasteiger partial charge in [-0.1, -0.05) is 22.9 Å². The first-order valence-electron chi connectivity index (χ1n) is 4.84. The first kappa shape index (κ1) is 12.7. The van der Waals surface area contributed by atoms with Crippen LogP contribution in [0.2, 0.25) is 0 Å². The van der Waals surface area contributed by atoms with Gasteiger partial charge in [-0.2, -0.15) is 5.26 Å². The minimum Gasteiger partial charge on any atom is -0.497 e. The molecular formula is C12H12BrNO2. The first-order valence-corrected chi connectivity index (χ1v) is 5.64. The van der Waals surface area contributed by atoms with Crippen molar-refractivity contribution >= 4 is 21.7 Å². The molecule has 1 unspecified atom stereocenters. The van der Waals surface area contributed by atoms with Crippen molar-refractivity contribution in [1.29, 1.82) is 5.26 Å². The van der Waals surface area contributed by atoms with Crippen molar-refractivity contribution < 1.29 is 9.53 Å². The smallest absolute Gasteiger partial charge is 0.167 e. The molecule has 16 heavy (non-hydrogen) atoms. The van der Waals surface area contributed by atoms with Crippen molar-refractivity contribution in [2.24, 2.45) is 5.92 Å². The Morgan fingerprint density at radius 2 is 2.31 bits per heavy atom. The second-order valence-corrected chi connectivity index (χ2v) is 4.33. The quantitative estimate of drug-likeness (QED) is 0.797. The molecule has 1 atom stereocenters. The maximum absolute atomic E-state index is 12.0. The fourth-order valence-electron chi connectivity index (χ4n) is 1.32. The number of halogens is 1. The van der Waals surface area contributed by atoms with Gasteiger partial charge >= 0.3 is 0 Å². The second-order valence-electron chi connectivity index (χ2n) is 3.47. The summed E-state index contributed by atoms with van der Waals surface area (Å²) in [7, 11) is 1.55. The summed E-state index contributed by atoms with van der Waals surface area (Å²) in [6.45, 7) is 1.75. The predicted octanol–water partition coefficient (Wildman–Crippen LogP) is 3.19. The van der Waals surface area contributed by atoms with Crippen LogP contribution in [0.15, 0.2) is 22.7 Å². The fourth-order valence-corrected chi connectivity index (χ4v) is 1.76. The summed E-state index contributed by atoms with van der Waals surface area (Å²) in [4.78, 5) is 12.0. The third kappa shape index (κ3) is 2.83. The molecule has 0 N–H and O–H groups in total. The number of nitriles is 1. The Labute approximate surface area is 103 Å². The molecule has 1 aromatic rings. The van der Waals surface area contributed by atoms with E-state index in [1.165, 1.54) is 0 Å². The van der Waals surface area contributed by atoms with Crippen LogP contribution in [0, 0.1) is 17.2 Å². The van der Waals surface area contributed by atoms with Crippen molar-refractivity contribution in [3.05, 3.63) is 28.2 Å². The van der Waals surface area contributed by atoms with Crippen molar-refractivity contribution in [2.75, 3.05) is 7.11 Å². The number of benzene rings is 1. The van der Waals surface area contributed by atoms with E-state index in [0.29, 0.717) is 11.3 Å². The molecule has 3 nitrogen and oxygen atoms in total. The zero-order valence-corrected chi connectivity index (χ0v) is 10.7. The van der Waals surface area contributed by atoms with E-state index in [4.69, 9.17) is 10.00 Å². The normalized spacial score (nSPS) is 11.6. The van der Waals surface area contributed by atoms with Crippen LogP contribution in [0.4, 0.5) is 0 Å². The van der Waals surface area contributed by atoms with E-state index < -0.39 is 0 Å². The summed E-state index contributed by atoms with van der Waals surface area (Å²) >= 11 is 3.32. The van der Waals surface area contributed by atoms with E-state index in [1.54, 1.807) is 32.2 Å². The molecule has 0 aliphatic carbocycles. The second kappa shape index (κ2) is 5.66. The number of carbonyl (C=O) groups is 1. The van der Waals surface area contributed by atoms with Crippen LogP contribution in [0.25, 0.3) is 0 Å². The number of nitrogens with zero attached hydrogens (tertiary/aromatic N) is 1. The van der Waals surface area contributed by atoms with Crippen molar-refractivity contribution in [1.82, 2.24) is 0 Å². The maximum atomic E-state index is 12.0. The molecule has 0 radical (unpaired) electrons. The van der Waals surface area contributed by atoms with Crippen LogP contribution in [0.1, 0.15) is 23.7 Å². The first-order chi connectivity index (χ1) is 7.60. The third-order valence-electron chi connectivity index (χ3n) is 2.28. The Morgan fingerprint density at radius 1 is 1.62 bits per heavy atom. The summed E-state index contributed by atoms with van der Waals surface area (Å²) in [5, 5.41) is 8.56. The van der Waals surface area contributed by atoms with Gasteiger partial charge in [0.25, 0.3) is 0 Å². The summed E-state index contributed by atoms with van der Waals surface area (Å²) in [5.74, 6) is 0.288. The summed E-state index contributed by atoms with van der Waals surface area (Å²) in [6, 6.07) is 7.22. The van der Waals surface area contributed by atoms with Gasteiger partial charge in [0.15, 0.2) is 5.78 Å². The zero-order valence-electron chi connectivity index (χ0n) is 9.16. The average molecular weight is 282 g/mol. The number of rotatable bonds is 4. The lowest BCUT2D eigenvalue weighted by Crippen LogP contribution is -2.11. The van der Waals surface area contributed by atoms with Gasteiger partial charge in [0.05, 0.1) is 13.2 Å². The van der Waals surface area contributed by atoms with Crippen molar-refractivity contribution in [2.45, 2.75) is 13.3 Å². The standard InChI is InChI=1S/C12H12BrNO2/c1-8(5-6-14)12(15)10-7-9(16-2)3-4-11(10)13/h3-4,7-8H,5H2,1-2H3. The highest BCUT2D eigenvalue weighted by molar-refractivity contribution is 9.10. The Kier molecular flexibility index (Phi) is 4.51. The third-order valence-corrected chi connectivity index (χ3v) is 2.98. The van der Waals surface area contributed by atoms with Gasteiger partial charge in [0, 0.05) is 22.4 Å². The van der Waals surface area contributed by atoms with Gasteiger partial charge in [0.1, 0.15) is 5.75 Å². The molecule has 4 heteroatoms. The van der Waals surface area contributed by atoms with E-state index in [-0.39, 0.29) is 18.1 Å². The van der Waals surface area contributed by atoms with Crippen LogP contribution < -0.4 is 4.74 Å². The van der Waals surface area contributed by atoms with E-state index >= 15 is 0 Å². The van der Waals surface area contributed by atoms with Gasteiger partial charge in [0.2, 0.25) is 0 Å². The minimum absolute atomic E-state index is 0.0488. The average Bonchev–Trinajstić information content (AvgIpc) is 2.29. The van der Waals surface area contributed by atoms with Crippen LogP contribution in [-0.2, 0) is 0 Å². The molecule has 0 aliphatic rings. The van der Waals surface area contributed by atoms with Gasteiger partial charge in [-0.15, -0.1) is 0 Å². The molecule has 1 rings (SSSR count). The number of hydrogen-bond donors (Lipinski definition) is 0. The molecule has 84 valence electrons. The molecule has 0 amide bonds. The Morgan fingerprint density at radius 3 is 2.88 bits per heavy atom. The van der Waals surface area contributed by atoms with Crippen LogP contribution in [-0.4, -0.2) is 12.9 Å². The lowest BCUT2D eigenvalue weighted by molar-refractivity contribution is 0.0930. The van der Waals surface area contributed by atoms with Crippen LogP contribution in [0.3, 0.4) is 0 Å². The lowest BCUT2D eigenvalue weighted by Gasteiger charge is -2.09. The highest BCUT2D eigenvalue weighted by atomic mass is 79.9. The summed E-state index contributed by atoms with van der Waals surface area (Å²) in [6.07, 6.45) is 0.225. The minimum atomic E-state index is -0.298. The van der Waals surface area contributed by atoms with E-state index in [9.17, 15) is 4.79 Å². The molecular weight excluding hydrogens is 270 g/mol. The molecule has 0 fully saturated rings. The highest BCUT2D eigenvalue weighted by Crippen LogP contribution is 2.25. The molecule has 0 aliphatic heterocycles. The fraction of sp³-hybridized carbons (Fsp3) is 0.333. The Bertz CT molecular complexity index is 437. The number of carbonyl (C=O) groups excluding carboxylic acids is 1. The van der Waals surface area contributed by atoms with Gasteiger partial charge < -0.3 is 4.74 Å². The van der Waals surface area contributed by atoms with Gasteiger partial charge in [-0.05, 0) is 18.2 Å². The van der Waals surface area contributed by atoms with Crippen LogP contribution in [0.5, 0.6) is 5.75 Å². The molecule has 0 heterocycles. The topological polar surface area (TPSA) is 50.1 Å². The van der Waals surface area contributed by atoms with E-state index in [0.717, 1.165) is 4.47 Å². The lowest BCUT2D eigenvalue weighted by atomic mass is 9.97. The van der Waals surface area contributed by atoms with Crippen LogP contribution >= 0.6 is 15.9 Å². The zero-order chi connectivity index (χ0) is 12.1. The molecule has 0 spiro atoms. The molecule has 0 saturated heterocycles. The van der Waals surface area contributed by atoms with E-state index in [1.807, 2.05) is 6.07 Å². The predicted molar refractivity (Wildman–Crippen MR) is 64.4 cm³/mol. The molecule has 1 aromatic carbocycles. The molecule has 0 aromatic heterocycles. The molecule has 0 bridgehead atoms. The largest absolute Gasteiger partial charge is 0.497 e. The number of ketones is 1. The summed E-state index contributed by atoms with van der Waals surface area (Å²) in [5.41, 5.74) is 0.558. The summed E-state index contributed by atoms with van der Waals surface area (Å²) < 4.78 is 5.79.